The van der Waals surface area contributed by atoms with Crippen molar-refractivity contribution in [2.75, 3.05) is 12.4 Å². The predicted octanol–water partition coefficient (Wildman–Crippen LogP) is 4.22. The lowest BCUT2D eigenvalue weighted by Gasteiger charge is -2.17. The molecule has 5 nitrogen and oxygen atoms in total. The van der Waals surface area contributed by atoms with Gasteiger partial charge in [0.25, 0.3) is 0 Å². The molecule has 3 aromatic rings. The normalized spacial score (nSPS) is 10.9. The number of rotatable bonds is 5. The molecule has 2 aromatic carbocycles. The third-order valence-corrected chi connectivity index (χ3v) is 4.33. The molecule has 3 rings (SSSR count). The third-order valence-electron chi connectivity index (χ3n) is 4.33. The van der Waals surface area contributed by atoms with Crippen molar-refractivity contribution in [1.29, 1.82) is 0 Å². The highest BCUT2D eigenvalue weighted by Gasteiger charge is 2.15. The molecule has 0 fully saturated rings. The number of anilines is 2. The van der Waals surface area contributed by atoms with E-state index in [9.17, 15) is 22.4 Å². The highest BCUT2D eigenvalue weighted by atomic mass is 19.2. The van der Waals surface area contributed by atoms with E-state index in [0.717, 1.165) is 12.1 Å². The molecule has 0 aliphatic carbocycles. The van der Waals surface area contributed by atoms with Gasteiger partial charge in [-0.2, -0.15) is 4.98 Å². The molecule has 0 saturated carbocycles. The van der Waals surface area contributed by atoms with Gasteiger partial charge < -0.3 is 14.6 Å². The topological polar surface area (TPSA) is 56.1 Å². The first-order valence-electron chi connectivity index (χ1n) is 8.52. The average molecular weight is 407 g/mol. The molecule has 152 valence electrons. The molecular formula is C20H17F4N3O2. The van der Waals surface area contributed by atoms with Crippen molar-refractivity contribution in [3.8, 4) is 5.75 Å². The van der Waals surface area contributed by atoms with Crippen LogP contribution in [0.25, 0.3) is 0 Å². The first-order valence-corrected chi connectivity index (χ1v) is 8.52. The van der Waals surface area contributed by atoms with Crippen LogP contribution in [0.3, 0.4) is 0 Å². The molecule has 0 unspecified atom stereocenters. The second-order valence-electron chi connectivity index (χ2n) is 6.48. The van der Waals surface area contributed by atoms with Gasteiger partial charge in [0.1, 0.15) is 5.82 Å². The van der Waals surface area contributed by atoms with Crippen LogP contribution in [0.1, 0.15) is 16.7 Å². The molecule has 1 aromatic heterocycles. The molecule has 0 spiro atoms. The minimum absolute atomic E-state index is 0.0371. The molecule has 0 saturated heterocycles. The number of nitrogens with zero attached hydrogens (tertiary/aromatic N) is 2. The smallest absolute Gasteiger partial charge is 0.316 e. The lowest BCUT2D eigenvalue weighted by Crippen LogP contribution is -2.19. The Morgan fingerprint density at radius 2 is 1.66 bits per heavy atom. The SMILES string of the molecule is COc1cn(Cc2cc(F)c(F)c(F)c2)c(Nc2cc(C)c(F)cc2C)nc1=O. The summed E-state index contributed by atoms with van der Waals surface area (Å²) in [5.41, 5.74) is 0.862. The molecule has 0 bridgehead atoms. The summed E-state index contributed by atoms with van der Waals surface area (Å²) in [6.45, 7) is 3.11. The van der Waals surface area contributed by atoms with Crippen LogP contribution in [0.4, 0.5) is 29.2 Å². The van der Waals surface area contributed by atoms with E-state index in [-0.39, 0.29) is 29.6 Å². The first kappa shape index (κ1) is 20.4. The number of hydrogen-bond acceptors (Lipinski definition) is 4. The average Bonchev–Trinajstić information content (AvgIpc) is 2.66. The monoisotopic (exact) mass is 407 g/mol. The Labute approximate surface area is 163 Å². The Kier molecular flexibility index (Phi) is 5.58. The minimum Gasteiger partial charge on any atom is -0.490 e. The van der Waals surface area contributed by atoms with Gasteiger partial charge in [-0.25, -0.2) is 17.6 Å². The van der Waals surface area contributed by atoms with Crippen molar-refractivity contribution in [1.82, 2.24) is 9.55 Å². The summed E-state index contributed by atoms with van der Waals surface area (Å²) in [5, 5.41) is 2.93. The molecule has 1 heterocycles. The number of hydrogen-bond donors (Lipinski definition) is 1. The predicted molar refractivity (Wildman–Crippen MR) is 99.6 cm³/mol. The van der Waals surface area contributed by atoms with Crippen LogP contribution in [-0.4, -0.2) is 16.7 Å². The summed E-state index contributed by atoms with van der Waals surface area (Å²) in [4.78, 5) is 16.0. The molecule has 1 N–H and O–H groups in total. The largest absolute Gasteiger partial charge is 0.490 e. The van der Waals surface area contributed by atoms with Crippen LogP contribution in [0, 0.1) is 37.1 Å². The van der Waals surface area contributed by atoms with Crippen LogP contribution >= 0.6 is 0 Å². The zero-order chi connectivity index (χ0) is 21.3. The lowest BCUT2D eigenvalue weighted by atomic mass is 10.1. The van der Waals surface area contributed by atoms with Gasteiger partial charge in [0.2, 0.25) is 11.7 Å². The number of aromatic nitrogens is 2. The Balaban J connectivity index is 2.07. The molecule has 0 radical (unpaired) electrons. The van der Waals surface area contributed by atoms with Gasteiger partial charge in [-0.05, 0) is 54.8 Å². The second-order valence-corrected chi connectivity index (χ2v) is 6.48. The van der Waals surface area contributed by atoms with E-state index < -0.39 is 23.0 Å². The summed E-state index contributed by atoms with van der Waals surface area (Å²) < 4.78 is 60.4. The number of aryl methyl sites for hydroxylation is 2. The van der Waals surface area contributed by atoms with Gasteiger partial charge in [0.15, 0.2) is 17.5 Å². The fourth-order valence-electron chi connectivity index (χ4n) is 2.77. The highest BCUT2D eigenvalue weighted by Crippen LogP contribution is 2.24. The maximum Gasteiger partial charge on any atom is 0.316 e. The molecule has 29 heavy (non-hydrogen) atoms. The van der Waals surface area contributed by atoms with Crippen LogP contribution < -0.4 is 15.6 Å². The number of nitrogens with one attached hydrogen (secondary N) is 1. The van der Waals surface area contributed by atoms with Crippen molar-refractivity contribution in [2.24, 2.45) is 0 Å². The first-order chi connectivity index (χ1) is 13.7. The number of ether oxygens (including phenoxy) is 1. The van der Waals surface area contributed by atoms with Gasteiger partial charge in [-0.1, -0.05) is 0 Å². The Hall–Kier alpha value is -3.36. The van der Waals surface area contributed by atoms with Gasteiger partial charge in [0, 0.05) is 5.69 Å². The van der Waals surface area contributed by atoms with E-state index >= 15 is 0 Å². The van der Waals surface area contributed by atoms with E-state index in [1.54, 1.807) is 19.9 Å². The van der Waals surface area contributed by atoms with Gasteiger partial charge >= 0.3 is 5.56 Å². The summed E-state index contributed by atoms with van der Waals surface area (Å²) in [6, 6.07) is 4.57. The molecule has 9 heteroatoms. The maximum absolute atomic E-state index is 13.7. The highest BCUT2D eigenvalue weighted by molar-refractivity contribution is 5.60. The zero-order valence-corrected chi connectivity index (χ0v) is 15.8. The van der Waals surface area contributed by atoms with E-state index in [2.05, 4.69) is 10.3 Å². The lowest BCUT2D eigenvalue weighted by molar-refractivity contribution is 0.402. The summed E-state index contributed by atoms with van der Waals surface area (Å²) in [6.07, 6.45) is 1.31. The van der Waals surface area contributed by atoms with Crippen molar-refractivity contribution in [3.05, 3.63) is 80.8 Å². The molecule has 0 amide bonds. The fraction of sp³-hybridized carbons (Fsp3) is 0.200. The van der Waals surface area contributed by atoms with E-state index in [0.29, 0.717) is 16.8 Å². The van der Waals surface area contributed by atoms with Crippen LogP contribution in [0.5, 0.6) is 5.75 Å². The summed E-state index contributed by atoms with van der Waals surface area (Å²) in [5.74, 6) is -4.67. The van der Waals surface area contributed by atoms with Crippen LogP contribution in [0.2, 0.25) is 0 Å². The quantitative estimate of drug-likeness (QED) is 0.508. The van der Waals surface area contributed by atoms with Gasteiger partial charge in [0.05, 0.1) is 19.9 Å². The Morgan fingerprint density at radius 1 is 1.00 bits per heavy atom. The number of benzene rings is 2. The van der Waals surface area contributed by atoms with E-state index in [1.165, 1.54) is 23.9 Å². The van der Waals surface area contributed by atoms with Crippen LogP contribution in [0.15, 0.2) is 35.3 Å². The second kappa shape index (κ2) is 7.94. The standard InChI is InChI=1S/C20H17F4N3O2/c1-10-5-16(11(2)4-13(10)21)25-20-26-19(28)17(29-3)9-27(20)8-12-6-14(22)18(24)15(23)7-12/h4-7,9H,8H2,1-3H3,(H,25,26,28). The molecule has 0 atom stereocenters. The van der Waals surface area contributed by atoms with Gasteiger partial charge in [-0.15, -0.1) is 0 Å². The fourth-order valence-corrected chi connectivity index (χ4v) is 2.77. The summed E-state index contributed by atoms with van der Waals surface area (Å²) in [7, 11) is 1.28. The number of halogens is 4. The van der Waals surface area contributed by atoms with E-state index in [1.807, 2.05) is 0 Å². The minimum atomic E-state index is -1.57. The third kappa shape index (κ3) is 4.23. The van der Waals surface area contributed by atoms with Crippen molar-refractivity contribution in [2.45, 2.75) is 20.4 Å². The van der Waals surface area contributed by atoms with Gasteiger partial charge in [-0.3, -0.25) is 4.79 Å². The Bertz CT molecular complexity index is 1120. The van der Waals surface area contributed by atoms with E-state index in [4.69, 9.17) is 4.74 Å². The molecular weight excluding hydrogens is 390 g/mol. The zero-order valence-electron chi connectivity index (χ0n) is 15.8. The number of methoxy groups -OCH3 is 1. The molecule has 0 aliphatic rings. The molecule has 0 aliphatic heterocycles. The maximum atomic E-state index is 13.7. The summed E-state index contributed by atoms with van der Waals surface area (Å²) >= 11 is 0. The van der Waals surface area contributed by atoms with Crippen LogP contribution in [-0.2, 0) is 6.54 Å². The Morgan fingerprint density at radius 3 is 2.28 bits per heavy atom. The van der Waals surface area contributed by atoms with Crippen molar-refractivity contribution in [3.63, 3.8) is 0 Å². The van der Waals surface area contributed by atoms with Crippen molar-refractivity contribution < 1.29 is 22.3 Å². The van der Waals surface area contributed by atoms with Crippen molar-refractivity contribution >= 4 is 11.6 Å².